The highest BCUT2D eigenvalue weighted by atomic mass is 19.1. The molecule has 108 valence electrons. The lowest BCUT2D eigenvalue weighted by molar-refractivity contribution is -0.144. The molecule has 1 aromatic rings. The molecule has 2 saturated carbocycles. The maximum Gasteiger partial charge on any atom is 0.329 e. The smallest absolute Gasteiger partial charge is 0.329 e. The van der Waals surface area contributed by atoms with E-state index in [9.17, 15) is 14.3 Å². The molecule has 3 rings (SSSR count). The Kier molecular flexibility index (Phi) is 3.40. The number of halogens is 1. The van der Waals surface area contributed by atoms with E-state index in [1.807, 2.05) is 0 Å². The predicted molar refractivity (Wildman–Crippen MR) is 75.1 cm³/mol. The van der Waals surface area contributed by atoms with E-state index in [4.69, 9.17) is 0 Å². The second-order valence-corrected chi connectivity index (χ2v) is 6.19. The van der Waals surface area contributed by atoms with Crippen molar-refractivity contribution in [2.45, 2.75) is 44.1 Å². The van der Waals surface area contributed by atoms with Crippen molar-refractivity contribution < 1.29 is 14.3 Å². The minimum absolute atomic E-state index is 0.298. The molecule has 3 nitrogen and oxygen atoms in total. The van der Waals surface area contributed by atoms with Crippen molar-refractivity contribution in [1.29, 1.82) is 0 Å². The van der Waals surface area contributed by atoms with Crippen LogP contribution in [0, 0.1) is 17.7 Å². The summed E-state index contributed by atoms with van der Waals surface area (Å²) in [5, 5.41) is 12.7. The molecule has 0 saturated heterocycles. The zero-order chi connectivity index (χ0) is 14.2. The van der Waals surface area contributed by atoms with Crippen LogP contribution in [0.3, 0.4) is 0 Å². The van der Waals surface area contributed by atoms with Gasteiger partial charge in [-0.3, -0.25) is 0 Å². The van der Waals surface area contributed by atoms with Crippen molar-refractivity contribution in [3.05, 3.63) is 30.1 Å². The summed E-state index contributed by atoms with van der Waals surface area (Å²) >= 11 is 0. The van der Waals surface area contributed by atoms with E-state index in [-0.39, 0.29) is 5.82 Å². The Hall–Kier alpha value is -1.58. The van der Waals surface area contributed by atoms with Crippen molar-refractivity contribution in [2.75, 3.05) is 5.32 Å². The average molecular weight is 277 g/mol. The number of hydrogen-bond acceptors (Lipinski definition) is 2. The first kappa shape index (κ1) is 13.4. The highest BCUT2D eigenvalue weighted by molar-refractivity contribution is 5.83. The molecule has 0 spiro atoms. The van der Waals surface area contributed by atoms with Crippen molar-refractivity contribution in [3.63, 3.8) is 0 Å². The molecule has 0 heterocycles. The van der Waals surface area contributed by atoms with Gasteiger partial charge in [-0.05, 0) is 56.1 Å². The number of benzene rings is 1. The Morgan fingerprint density at radius 1 is 1.25 bits per heavy atom. The Morgan fingerprint density at radius 2 is 2.00 bits per heavy atom. The van der Waals surface area contributed by atoms with Crippen LogP contribution >= 0.6 is 0 Å². The molecule has 1 aromatic carbocycles. The van der Waals surface area contributed by atoms with Crippen LogP contribution in [-0.2, 0) is 4.79 Å². The number of hydrogen-bond donors (Lipinski definition) is 2. The Bertz CT molecular complexity index is 515. The fourth-order valence-electron chi connectivity index (χ4n) is 3.47. The molecule has 20 heavy (non-hydrogen) atoms. The molecular weight excluding hydrogens is 257 g/mol. The quantitative estimate of drug-likeness (QED) is 0.883. The first-order valence-corrected chi connectivity index (χ1v) is 7.37. The van der Waals surface area contributed by atoms with Gasteiger partial charge in [-0.15, -0.1) is 0 Å². The zero-order valence-corrected chi connectivity index (χ0v) is 11.4. The van der Waals surface area contributed by atoms with Crippen LogP contribution in [0.5, 0.6) is 0 Å². The van der Waals surface area contributed by atoms with Gasteiger partial charge in [0.2, 0.25) is 0 Å². The third-order valence-electron chi connectivity index (χ3n) is 4.73. The van der Waals surface area contributed by atoms with E-state index in [2.05, 4.69) is 5.32 Å². The summed E-state index contributed by atoms with van der Waals surface area (Å²) in [5.41, 5.74) is -0.709. The Morgan fingerprint density at radius 3 is 2.65 bits per heavy atom. The van der Waals surface area contributed by atoms with E-state index >= 15 is 0 Å². The van der Waals surface area contributed by atoms with E-state index < -0.39 is 11.5 Å². The van der Waals surface area contributed by atoms with Crippen LogP contribution in [0.1, 0.15) is 38.5 Å². The number of carboxylic acids is 1. The first-order valence-electron chi connectivity index (χ1n) is 7.37. The van der Waals surface area contributed by atoms with E-state index in [0.717, 1.165) is 12.8 Å². The fourth-order valence-corrected chi connectivity index (χ4v) is 3.47. The molecule has 2 unspecified atom stereocenters. The van der Waals surface area contributed by atoms with Crippen LogP contribution < -0.4 is 5.32 Å². The average Bonchev–Trinajstić information content (AvgIpc) is 3.26. The molecule has 2 N–H and O–H groups in total. The molecule has 0 radical (unpaired) electrons. The fraction of sp³-hybridized carbons (Fsp3) is 0.562. The van der Waals surface area contributed by atoms with Gasteiger partial charge in [0.25, 0.3) is 0 Å². The van der Waals surface area contributed by atoms with Crippen molar-refractivity contribution in [1.82, 2.24) is 0 Å². The molecule has 0 aromatic heterocycles. The number of rotatable bonds is 4. The molecular formula is C16H20FNO2. The minimum Gasteiger partial charge on any atom is -0.480 e. The molecule has 2 aliphatic rings. The monoisotopic (exact) mass is 277 g/mol. The molecule has 0 amide bonds. The van der Waals surface area contributed by atoms with E-state index in [1.165, 1.54) is 18.9 Å². The van der Waals surface area contributed by atoms with Gasteiger partial charge < -0.3 is 10.4 Å². The van der Waals surface area contributed by atoms with Crippen molar-refractivity contribution in [2.24, 2.45) is 11.8 Å². The van der Waals surface area contributed by atoms with Crippen LogP contribution in [0.2, 0.25) is 0 Å². The lowest BCUT2D eigenvalue weighted by Crippen LogP contribution is -2.50. The van der Waals surface area contributed by atoms with Crippen LogP contribution in [0.25, 0.3) is 0 Å². The third kappa shape index (κ3) is 2.51. The molecule has 0 aliphatic heterocycles. The second kappa shape index (κ2) is 5.08. The largest absolute Gasteiger partial charge is 0.480 e. The first-order chi connectivity index (χ1) is 9.61. The molecule has 2 atom stereocenters. The number of nitrogens with one attached hydrogen (secondary N) is 1. The summed E-state index contributed by atoms with van der Waals surface area (Å²) in [6, 6.07) is 6.31. The second-order valence-electron chi connectivity index (χ2n) is 6.19. The topological polar surface area (TPSA) is 49.3 Å². The summed E-state index contributed by atoms with van der Waals surface area (Å²) in [6.07, 6.45) is 5.63. The van der Waals surface area contributed by atoms with E-state index in [0.29, 0.717) is 30.4 Å². The summed E-state index contributed by atoms with van der Waals surface area (Å²) in [6.45, 7) is 0. The maximum atomic E-state index is 13.8. The number of carbonyl (C=O) groups is 1. The van der Waals surface area contributed by atoms with Gasteiger partial charge >= 0.3 is 5.97 Å². The highest BCUT2D eigenvalue weighted by Gasteiger charge is 2.47. The third-order valence-corrected chi connectivity index (χ3v) is 4.73. The minimum atomic E-state index is -1.01. The van der Waals surface area contributed by atoms with Crippen LogP contribution in [0.15, 0.2) is 24.3 Å². The van der Waals surface area contributed by atoms with Gasteiger partial charge in [-0.2, -0.15) is 0 Å². The van der Waals surface area contributed by atoms with Crippen LogP contribution in [-0.4, -0.2) is 16.6 Å². The van der Waals surface area contributed by atoms with Gasteiger partial charge in [-0.25, -0.2) is 9.18 Å². The van der Waals surface area contributed by atoms with Gasteiger partial charge in [0, 0.05) is 0 Å². The summed E-state index contributed by atoms with van der Waals surface area (Å²) in [5.74, 6) is -0.0802. The number of carboxylic acid groups (broad SMARTS) is 1. The predicted octanol–water partition coefficient (Wildman–Crippen LogP) is 3.66. The molecule has 4 heteroatoms. The van der Waals surface area contributed by atoms with Crippen LogP contribution in [0.4, 0.5) is 10.1 Å². The highest BCUT2D eigenvalue weighted by Crippen LogP contribution is 2.47. The Labute approximate surface area is 118 Å². The molecule has 2 aliphatic carbocycles. The van der Waals surface area contributed by atoms with Gasteiger partial charge in [0.15, 0.2) is 0 Å². The number of aliphatic carboxylic acids is 1. The molecule has 2 fully saturated rings. The number of anilines is 1. The van der Waals surface area contributed by atoms with E-state index in [1.54, 1.807) is 18.2 Å². The maximum absolute atomic E-state index is 13.8. The lowest BCUT2D eigenvalue weighted by atomic mass is 9.73. The number of para-hydroxylation sites is 1. The summed E-state index contributed by atoms with van der Waals surface area (Å²) in [7, 11) is 0. The van der Waals surface area contributed by atoms with Crippen molar-refractivity contribution in [3.8, 4) is 0 Å². The van der Waals surface area contributed by atoms with Gasteiger partial charge in [0.05, 0.1) is 5.69 Å². The van der Waals surface area contributed by atoms with Gasteiger partial charge in [-0.1, -0.05) is 18.6 Å². The lowest BCUT2D eigenvalue weighted by Gasteiger charge is -2.39. The molecule has 0 bridgehead atoms. The van der Waals surface area contributed by atoms with Crippen molar-refractivity contribution >= 4 is 11.7 Å². The van der Waals surface area contributed by atoms with Gasteiger partial charge in [0.1, 0.15) is 11.4 Å². The standard InChI is InChI=1S/C16H20FNO2/c17-13-5-1-2-6-14(13)18-16(15(19)20)9-3-4-12(10-16)11-7-8-11/h1-2,5-6,11-12,18H,3-4,7-10H2,(H,19,20). The normalized spacial score (nSPS) is 29.9. The summed E-state index contributed by atoms with van der Waals surface area (Å²) < 4.78 is 13.8. The zero-order valence-electron chi connectivity index (χ0n) is 11.4. The Balaban J connectivity index is 1.84. The SMILES string of the molecule is O=C(O)C1(Nc2ccccc2F)CCCC(C2CC2)C1. The summed E-state index contributed by atoms with van der Waals surface area (Å²) in [4.78, 5) is 11.8.